The molecule has 0 aliphatic heterocycles. The van der Waals surface area contributed by atoms with Crippen molar-refractivity contribution in [2.24, 2.45) is 0 Å². The molecule has 0 fully saturated rings. The number of benzene rings is 1. The molecule has 1 heterocycles. The van der Waals surface area contributed by atoms with Gasteiger partial charge in [-0.25, -0.2) is 4.79 Å². The minimum Gasteiger partial charge on any atom is -0.494 e. The first-order chi connectivity index (χ1) is 10.6. The molecule has 0 spiro atoms. The van der Waals surface area contributed by atoms with E-state index in [0.717, 1.165) is 16.2 Å². The molecule has 1 aromatic carbocycles. The van der Waals surface area contributed by atoms with E-state index in [1.165, 1.54) is 10.1 Å². The molecule has 0 unspecified atom stereocenters. The summed E-state index contributed by atoms with van der Waals surface area (Å²) < 4.78 is 2.36. The molecule has 0 amide bonds. The van der Waals surface area contributed by atoms with E-state index in [4.69, 9.17) is 0 Å². The second-order valence-electron chi connectivity index (χ2n) is 7.12. The number of aromatic hydroxyl groups is 1. The number of aromatic nitrogens is 2. The maximum Gasteiger partial charge on any atom is 0.334 e. The average molecular weight is 316 g/mol. The lowest BCUT2D eigenvalue weighted by Crippen LogP contribution is -2.40. The van der Waals surface area contributed by atoms with Crippen LogP contribution < -0.4 is 11.2 Å². The summed E-state index contributed by atoms with van der Waals surface area (Å²) in [5.74, 6) is -0.309. The minimum atomic E-state index is -0.495. The van der Waals surface area contributed by atoms with Gasteiger partial charge in [-0.2, -0.15) is 0 Å². The third kappa shape index (κ3) is 3.55. The predicted molar refractivity (Wildman–Crippen MR) is 91.3 cm³/mol. The second-order valence-corrected chi connectivity index (χ2v) is 7.12. The highest BCUT2D eigenvalue weighted by Crippen LogP contribution is 2.22. The quantitative estimate of drug-likeness (QED) is 0.947. The zero-order valence-electron chi connectivity index (χ0n) is 14.3. The molecule has 0 aliphatic rings. The highest BCUT2D eigenvalue weighted by Gasteiger charge is 2.15. The first-order valence-electron chi connectivity index (χ1n) is 7.76. The van der Waals surface area contributed by atoms with Crippen molar-refractivity contribution >= 4 is 0 Å². The lowest BCUT2D eigenvalue weighted by atomic mass is 9.87. The van der Waals surface area contributed by atoms with Gasteiger partial charge in [-0.1, -0.05) is 45.0 Å². The third-order valence-electron chi connectivity index (χ3n) is 3.88. The van der Waals surface area contributed by atoms with E-state index < -0.39 is 11.2 Å². The van der Waals surface area contributed by atoms with Crippen LogP contribution >= 0.6 is 0 Å². The number of hydrogen-bond acceptors (Lipinski definition) is 3. The van der Waals surface area contributed by atoms with Crippen molar-refractivity contribution in [2.75, 3.05) is 0 Å². The van der Waals surface area contributed by atoms with Crippen LogP contribution in [0.1, 0.15) is 51.8 Å². The molecule has 0 atom stereocenters. The zero-order valence-corrected chi connectivity index (χ0v) is 14.3. The maximum absolute atomic E-state index is 12.4. The summed E-state index contributed by atoms with van der Waals surface area (Å²) in [5, 5.41) is 9.97. The summed E-state index contributed by atoms with van der Waals surface area (Å²) in [6.45, 7) is 10.2. The topological polar surface area (TPSA) is 64.2 Å². The van der Waals surface area contributed by atoms with E-state index in [9.17, 15) is 14.7 Å². The Morgan fingerprint density at radius 2 is 1.65 bits per heavy atom. The van der Waals surface area contributed by atoms with Gasteiger partial charge in [0.25, 0.3) is 5.56 Å². The molecule has 0 aliphatic carbocycles. The summed E-state index contributed by atoms with van der Waals surface area (Å²) in [6, 6.07) is 8.76. The molecule has 124 valence electrons. The van der Waals surface area contributed by atoms with Crippen LogP contribution in [0.2, 0.25) is 0 Å². The van der Waals surface area contributed by atoms with E-state index in [1.54, 1.807) is 13.8 Å². The van der Waals surface area contributed by atoms with Crippen molar-refractivity contribution in [1.29, 1.82) is 0 Å². The summed E-state index contributed by atoms with van der Waals surface area (Å²) in [4.78, 5) is 24.3. The fourth-order valence-electron chi connectivity index (χ4n) is 2.50. The lowest BCUT2D eigenvalue weighted by molar-refractivity contribution is 0.391. The van der Waals surface area contributed by atoms with Gasteiger partial charge in [0, 0.05) is 6.04 Å². The van der Waals surface area contributed by atoms with Crippen LogP contribution in [0.15, 0.2) is 39.9 Å². The van der Waals surface area contributed by atoms with Crippen molar-refractivity contribution in [3.8, 4) is 5.88 Å². The highest BCUT2D eigenvalue weighted by atomic mass is 16.3. The van der Waals surface area contributed by atoms with E-state index in [1.807, 2.05) is 24.3 Å². The van der Waals surface area contributed by atoms with Gasteiger partial charge >= 0.3 is 5.69 Å². The average Bonchev–Trinajstić information content (AvgIpc) is 2.42. The summed E-state index contributed by atoms with van der Waals surface area (Å²) >= 11 is 0. The fraction of sp³-hybridized carbons (Fsp3) is 0.444. The molecule has 23 heavy (non-hydrogen) atoms. The molecule has 0 saturated carbocycles. The van der Waals surface area contributed by atoms with Crippen LogP contribution in [0.5, 0.6) is 5.88 Å². The van der Waals surface area contributed by atoms with Gasteiger partial charge in [-0.05, 0) is 30.4 Å². The molecule has 1 N–H and O–H groups in total. The third-order valence-corrected chi connectivity index (χ3v) is 3.88. The van der Waals surface area contributed by atoms with Crippen molar-refractivity contribution in [3.63, 3.8) is 0 Å². The van der Waals surface area contributed by atoms with E-state index in [0.29, 0.717) is 0 Å². The molecule has 0 saturated heterocycles. The largest absolute Gasteiger partial charge is 0.494 e. The van der Waals surface area contributed by atoms with Crippen molar-refractivity contribution < 1.29 is 5.11 Å². The number of hydrogen-bond donors (Lipinski definition) is 1. The van der Waals surface area contributed by atoms with Crippen LogP contribution in [-0.4, -0.2) is 14.2 Å². The molecule has 5 heteroatoms. The molecule has 0 bridgehead atoms. The van der Waals surface area contributed by atoms with Crippen LogP contribution in [0.4, 0.5) is 0 Å². The van der Waals surface area contributed by atoms with Gasteiger partial charge in [0.1, 0.15) is 0 Å². The standard InChI is InChI=1S/C18H24N2O3/c1-12(2)20-16(22)10-15(21)19(17(20)23)11-13-6-8-14(9-7-13)18(3,4)5/h6-10,12,21H,11H2,1-5H3. The summed E-state index contributed by atoms with van der Waals surface area (Å²) in [6.07, 6.45) is 0. The van der Waals surface area contributed by atoms with Crippen LogP contribution in [0, 0.1) is 0 Å². The Balaban J connectivity index is 2.43. The van der Waals surface area contributed by atoms with E-state index in [-0.39, 0.29) is 23.9 Å². The van der Waals surface area contributed by atoms with Gasteiger partial charge in [-0.3, -0.25) is 13.9 Å². The van der Waals surface area contributed by atoms with Crippen molar-refractivity contribution in [1.82, 2.24) is 9.13 Å². The molecule has 1 aromatic heterocycles. The van der Waals surface area contributed by atoms with Crippen LogP contribution in [0.25, 0.3) is 0 Å². The fourth-order valence-corrected chi connectivity index (χ4v) is 2.50. The molecular weight excluding hydrogens is 292 g/mol. The molecular formula is C18H24N2O3. The summed E-state index contributed by atoms with van der Waals surface area (Å²) in [7, 11) is 0. The van der Waals surface area contributed by atoms with Crippen molar-refractivity contribution in [3.05, 3.63) is 62.3 Å². The SMILES string of the molecule is CC(C)n1c(=O)cc(O)n(Cc2ccc(C(C)(C)C)cc2)c1=O. The van der Waals surface area contributed by atoms with Gasteiger partial charge in [-0.15, -0.1) is 0 Å². The molecule has 2 aromatic rings. The Morgan fingerprint density at radius 3 is 2.13 bits per heavy atom. The Hall–Kier alpha value is -2.30. The van der Waals surface area contributed by atoms with Crippen LogP contribution in [-0.2, 0) is 12.0 Å². The normalized spacial score (nSPS) is 11.9. The lowest BCUT2D eigenvalue weighted by Gasteiger charge is -2.19. The molecule has 5 nitrogen and oxygen atoms in total. The minimum absolute atomic E-state index is 0.0579. The summed E-state index contributed by atoms with van der Waals surface area (Å²) in [5.41, 5.74) is 1.17. The number of rotatable bonds is 3. The maximum atomic E-state index is 12.4. The molecule has 0 radical (unpaired) electrons. The Labute approximate surface area is 135 Å². The highest BCUT2D eigenvalue weighted by molar-refractivity contribution is 5.28. The Kier molecular flexibility index (Phi) is 4.50. The predicted octanol–water partition coefficient (Wildman–Crippen LogP) is 2.64. The smallest absolute Gasteiger partial charge is 0.334 e. The van der Waals surface area contributed by atoms with Gasteiger partial charge < -0.3 is 5.11 Å². The van der Waals surface area contributed by atoms with Crippen molar-refractivity contribution in [2.45, 2.75) is 52.6 Å². The Morgan fingerprint density at radius 1 is 1.09 bits per heavy atom. The monoisotopic (exact) mass is 316 g/mol. The Bertz CT molecular complexity index is 806. The van der Waals surface area contributed by atoms with Gasteiger partial charge in [0.05, 0.1) is 12.6 Å². The number of nitrogens with zero attached hydrogens (tertiary/aromatic N) is 2. The van der Waals surface area contributed by atoms with Crippen LogP contribution in [0.3, 0.4) is 0 Å². The van der Waals surface area contributed by atoms with Gasteiger partial charge in [0.15, 0.2) is 0 Å². The molecule has 2 rings (SSSR count). The van der Waals surface area contributed by atoms with E-state index in [2.05, 4.69) is 20.8 Å². The van der Waals surface area contributed by atoms with E-state index >= 15 is 0 Å². The first-order valence-corrected chi connectivity index (χ1v) is 7.76. The van der Waals surface area contributed by atoms with Gasteiger partial charge in [0.2, 0.25) is 5.88 Å². The first kappa shape index (κ1) is 17.1. The second kappa shape index (κ2) is 6.07. The zero-order chi connectivity index (χ0) is 17.4.